The third kappa shape index (κ3) is 3.22. The quantitative estimate of drug-likeness (QED) is 0.887. The topological polar surface area (TPSA) is 75.4 Å². The lowest BCUT2D eigenvalue weighted by Gasteiger charge is -2.18. The van der Waals surface area contributed by atoms with E-state index in [9.17, 15) is 22.8 Å². The molecule has 6 nitrogen and oxygen atoms in total. The van der Waals surface area contributed by atoms with Crippen LogP contribution in [0.25, 0.3) is 0 Å². The van der Waals surface area contributed by atoms with Crippen LogP contribution in [0.3, 0.4) is 0 Å². The van der Waals surface area contributed by atoms with Gasteiger partial charge in [0.25, 0.3) is 5.91 Å². The third-order valence-electron chi connectivity index (χ3n) is 4.52. The molecule has 0 unspecified atom stereocenters. The zero-order valence-electron chi connectivity index (χ0n) is 12.8. The molecule has 1 aliphatic heterocycles. The Balaban J connectivity index is 0.00000208. The van der Waals surface area contributed by atoms with Gasteiger partial charge in [-0.25, -0.2) is 0 Å². The number of hydrogen-bond acceptors (Lipinski definition) is 3. The van der Waals surface area contributed by atoms with Crippen molar-refractivity contribution in [1.82, 2.24) is 14.7 Å². The molecular formula is C14H17ClF3N3O3. The summed E-state index contributed by atoms with van der Waals surface area (Å²) < 4.78 is 40.6. The number of hydrogen-bond donors (Lipinski definition) is 1. The number of halogens is 4. The Morgan fingerprint density at radius 3 is 2.38 bits per heavy atom. The molecule has 2 atom stereocenters. The number of rotatable bonds is 3. The fraction of sp³-hybridized carbons (Fsp3) is 0.643. The van der Waals surface area contributed by atoms with Crippen LogP contribution in [0.4, 0.5) is 13.2 Å². The van der Waals surface area contributed by atoms with Gasteiger partial charge in [-0.05, 0) is 12.8 Å². The number of aryl methyl sites for hydroxylation is 1. The molecule has 1 amide bonds. The molecule has 3 rings (SSSR count). The van der Waals surface area contributed by atoms with Crippen LogP contribution in [-0.2, 0) is 11.8 Å². The molecule has 1 N–H and O–H groups in total. The molecule has 1 aromatic heterocycles. The van der Waals surface area contributed by atoms with Crippen LogP contribution in [0.2, 0.25) is 0 Å². The first kappa shape index (κ1) is 18.6. The molecule has 1 saturated carbocycles. The van der Waals surface area contributed by atoms with Crippen molar-refractivity contribution in [3.63, 3.8) is 0 Å². The largest absolute Gasteiger partial charge is 0.481 e. The van der Waals surface area contributed by atoms with Gasteiger partial charge in [-0.3, -0.25) is 14.3 Å². The van der Waals surface area contributed by atoms with Gasteiger partial charge in [-0.2, -0.15) is 18.3 Å². The summed E-state index contributed by atoms with van der Waals surface area (Å²) in [6.45, 7) is -1.06. The maximum Gasteiger partial charge on any atom is 0.394 e. The summed E-state index contributed by atoms with van der Waals surface area (Å²) in [5, 5.41) is 13.0. The highest BCUT2D eigenvalue weighted by molar-refractivity contribution is 5.96. The molecule has 134 valence electrons. The van der Waals surface area contributed by atoms with Crippen molar-refractivity contribution in [3.05, 3.63) is 17.5 Å². The van der Waals surface area contributed by atoms with Gasteiger partial charge in [0.1, 0.15) is 0 Å². The average molecular weight is 368 g/mol. The normalized spacial score (nSPS) is 23.9. The molecule has 1 aromatic rings. The minimum Gasteiger partial charge on any atom is -0.481 e. The van der Waals surface area contributed by atoms with Crippen molar-refractivity contribution in [3.8, 4) is 0 Å². The lowest BCUT2D eigenvalue weighted by Crippen LogP contribution is -2.34. The Morgan fingerprint density at radius 1 is 1.29 bits per heavy atom. The van der Waals surface area contributed by atoms with Gasteiger partial charge in [-0.15, -0.1) is 12.4 Å². The minimum absolute atomic E-state index is 0. The predicted octanol–water partition coefficient (Wildman–Crippen LogP) is 2.05. The Labute approximate surface area is 142 Å². The molecule has 24 heavy (non-hydrogen) atoms. The van der Waals surface area contributed by atoms with Gasteiger partial charge in [-0.1, -0.05) is 0 Å². The molecule has 0 bridgehead atoms. The van der Waals surface area contributed by atoms with Gasteiger partial charge in [0.2, 0.25) is 0 Å². The Bertz CT molecular complexity index is 657. The third-order valence-corrected chi connectivity index (χ3v) is 4.52. The number of likely N-dealkylation sites (tertiary alicyclic amines) is 1. The van der Waals surface area contributed by atoms with E-state index in [-0.39, 0.29) is 23.9 Å². The first-order valence-corrected chi connectivity index (χ1v) is 7.30. The molecule has 1 saturated heterocycles. The number of aromatic nitrogens is 2. The van der Waals surface area contributed by atoms with Gasteiger partial charge in [0.15, 0.2) is 0 Å². The molecule has 2 aliphatic rings. The summed E-state index contributed by atoms with van der Waals surface area (Å²) in [5.41, 5.74) is 0.999. The summed E-state index contributed by atoms with van der Waals surface area (Å²) in [7, 11) is 1.69. The zero-order chi connectivity index (χ0) is 16.9. The molecular weight excluding hydrogens is 351 g/mol. The van der Waals surface area contributed by atoms with Crippen molar-refractivity contribution in [1.29, 1.82) is 0 Å². The maximum absolute atomic E-state index is 13.0. The molecule has 1 aliphatic carbocycles. The number of nitrogens with zero attached hydrogens (tertiary/aromatic N) is 3. The number of carbonyl (C=O) groups excluding carboxylic acids is 1. The second-order valence-corrected chi connectivity index (χ2v) is 6.14. The summed E-state index contributed by atoms with van der Waals surface area (Å²) in [6, 6.07) is 0. The molecule has 0 aromatic carbocycles. The monoisotopic (exact) mass is 367 g/mol. The van der Waals surface area contributed by atoms with E-state index in [4.69, 9.17) is 5.11 Å². The highest BCUT2D eigenvalue weighted by atomic mass is 35.5. The standard InChI is InChI=1S/C14H16F3N3O3.ClH/c1-19-11(7-2-3-7)8(4-18-19)12(21)20-5-9(13(22)23)10(6-20)14(15,16)17;/h4,7,9-10H,2-3,5-6H2,1H3,(H,22,23);1H/t9-,10-;/m1./s1. The van der Waals surface area contributed by atoms with Crippen LogP contribution in [0.5, 0.6) is 0 Å². The average Bonchev–Trinajstić information content (AvgIpc) is 3.04. The Kier molecular flexibility index (Phi) is 4.85. The number of carbonyl (C=O) groups is 2. The van der Waals surface area contributed by atoms with E-state index in [0.717, 1.165) is 23.4 Å². The van der Waals surface area contributed by atoms with Crippen LogP contribution in [0.15, 0.2) is 6.20 Å². The Hall–Kier alpha value is -1.77. The lowest BCUT2D eigenvalue weighted by atomic mass is 9.96. The van der Waals surface area contributed by atoms with E-state index in [1.54, 1.807) is 11.7 Å². The molecule has 2 heterocycles. The molecule has 2 fully saturated rings. The van der Waals surface area contributed by atoms with Crippen LogP contribution in [0, 0.1) is 11.8 Å². The van der Waals surface area contributed by atoms with E-state index in [1.165, 1.54) is 6.20 Å². The highest BCUT2D eigenvalue weighted by Crippen LogP contribution is 2.43. The first-order chi connectivity index (χ1) is 10.7. The number of alkyl halides is 3. The fourth-order valence-corrected chi connectivity index (χ4v) is 3.17. The second-order valence-electron chi connectivity index (χ2n) is 6.14. The zero-order valence-corrected chi connectivity index (χ0v) is 13.6. The van der Waals surface area contributed by atoms with E-state index in [1.807, 2.05) is 0 Å². The van der Waals surface area contributed by atoms with E-state index in [2.05, 4.69) is 5.10 Å². The van der Waals surface area contributed by atoms with Crippen LogP contribution in [-0.4, -0.2) is 50.9 Å². The van der Waals surface area contributed by atoms with Crippen LogP contribution >= 0.6 is 12.4 Å². The summed E-state index contributed by atoms with van der Waals surface area (Å²) in [5.74, 6) is -5.56. The SMILES string of the molecule is Cl.Cn1ncc(C(=O)N2C[C@@H](C(F)(F)F)[C@H](C(=O)O)C2)c1C1CC1. The minimum atomic E-state index is -4.65. The van der Waals surface area contributed by atoms with Crippen molar-refractivity contribution < 1.29 is 27.9 Å². The first-order valence-electron chi connectivity index (χ1n) is 7.30. The van der Waals surface area contributed by atoms with Crippen molar-refractivity contribution in [2.45, 2.75) is 24.9 Å². The molecule has 10 heteroatoms. The molecule has 0 spiro atoms. The predicted molar refractivity (Wildman–Crippen MR) is 79.0 cm³/mol. The maximum atomic E-state index is 13.0. The lowest BCUT2D eigenvalue weighted by molar-refractivity contribution is -0.187. The number of carboxylic acid groups (broad SMARTS) is 1. The smallest absolute Gasteiger partial charge is 0.394 e. The second kappa shape index (κ2) is 6.27. The number of aliphatic carboxylic acids is 1. The van der Waals surface area contributed by atoms with Crippen molar-refractivity contribution in [2.24, 2.45) is 18.9 Å². The van der Waals surface area contributed by atoms with E-state index in [0.29, 0.717) is 0 Å². The van der Waals surface area contributed by atoms with Crippen molar-refractivity contribution in [2.75, 3.05) is 13.1 Å². The van der Waals surface area contributed by atoms with Gasteiger partial charge in [0, 0.05) is 26.1 Å². The van der Waals surface area contributed by atoms with E-state index < -0.39 is 43.0 Å². The Morgan fingerprint density at radius 2 is 1.92 bits per heavy atom. The summed E-state index contributed by atoms with van der Waals surface area (Å²) in [4.78, 5) is 24.7. The van der Waals surface area contributed by atoms with Gasteiger partial charge < -0.3 is 10.0 Å². The van der Waals surface area contributed by atoms with Crippen molar-refractivity contribution >= 4 is 24.3 Å². The van der Waals surface area contributed by atoms with Gasteiger partial charge >= 0.3 is 12.1 Å². The fourth-order valence-electron chi connectivity index (χ4n) is 3.17. The number of amides is 1. The van der Waals surface area contributed by atoms with Crippen LogP contribution < -0.4 is 0 Å². The highest BCUT2D eigenvalue weighted by Gasteiger charge is 2.53. The van der Waals surface area contributed by atoms with Gasteiger partial charge in [0.05, 0.1) is 29.3 Å². The summed E-state index contributed by atoms with van der Waals surface area (Å²) in [6.07, 6.45) is -1.45. The number of carboxylic acids is 1. The van der Waals surface area contributed by atoms with E-state index >= 15 is 0 Å². The summed E-state index contributed by atoms with van der Waals surface area (Å²) >= 11 is 0. The van der Waals surface area contributed by atoms with Crippen LogP contribution in [0.1, 0.15) is 34.8 Å². The molecule has 0 radical (unpaired) electrons.